The van der Waals surface area contributed by atoms with Crippen LogP contribution in [0.25, 0.3) is 36.1 Å². The Morgan fingerprint density at radius 1 is 0.594 bits per heavy atom. The first-order valence-corrected chi connectivity index (χ1v) is 9.00. The second-order valence-electron chi connectivity index (χ2n) is 6.25. The van der Waals surface area contributed by atoms with Gasteiger partial charge in [-0.25, -0.2) is 0 Å². The van der Waals surface area contributed by atoms with Crippen molar-refractivity contribution < 1.29 is 18.7 Å². The van der Waals surface area contributed by atoms with E-state index < -0.39 is 9.85 Å². The molecule has 0 fully saturated rings. The van der Waals surface area contributed by atoms with Crippen LogP contribution in [-0.4, -0.2) is 30.2 Å². The number of nitro groups is 2. The highest BCUT2D eigenvalue weighted by atomic mass is 16.6. The number of hydrogen-bond donors (Lipinski definition) is 0. The van der Waals surface area contributed by atoms with Crippen LogP contribution in [0.1, 0.15) is 22.9 Å². The van der Waals surface area contributed by atoms with E-state index in [1.54, 1.807) is 48.6 Å². The van der Waals surface area contributed by atoms with Crippen LogP contribution < -0.4 is 0 Å². The number of non-ortho nitro benzene ring substituents is 2. The lowest BCUT2D eigenvalue weighted by molar-refractivity contribution is -0.385. The first kappa shape index (κ1) is 20.3. The van der Waals surface area contributed by atoms with Crippen LogP contribution in [0.15, 0.2) is 57.4 Å². The lowest BCUT2D eigenvalue weighted by Gasteiger charge is -1.92. The molecule has 4 rings (SSSR count). The minimum atomic E-state index is -0.475. The smallest absolute Gasteiger partial charge is 0.306 e. The lowest BCUT2D eigenvalue weighted by Crippen LogP contribution is -1.86. The van der Waals surface area contributed by atoms with Crippen molar-refractivity contribution >= 4 is 35.7 Å². The molecule has 4 aromatic rings. The summed E-state index contributed by atoms with van der Waals surface area (Å²) in [5.74, 6) is 0.408. The Morgan fingerprint density at radius 3 is 1.31 bits per heavy atom. The molecular formula is C20H12N6O6. The molecule has 12 heteroatoms. The van der Waals surface area contributed by atoms with Gasteiger partial charge in [0.25, 0.3) is 11.4 Å². The molecular weight excluding hydrogens is 420 g/mol. The monoisotopic (exact) mass is 432 g/mol. The van der Waals surface area contributed by atoms with E-state index in [1.807, 2.05) is 0 Å². The first-order chi connectivity index (χ1) is 15.5. The number of hydrogen-bond acceptors (Lipinski definition) is 10. The van der Waals surface area contributed by atoms with Crippen molar-refractivity contribution in [1.82, 2.24) is 20.4 Å². The summed E-state index contributed by atoms with van der Waals surface area (Å²) in [6.07, 6.45) is 6.41. The van der Waals surface area contributed by atoms with Gasteiger partial charge >= 0.3 is 11.8 Å². The predicted octanol–water partition coefficient (Wildman–Crippen LogP) is 4.28. The largest absolute Gasteiger partial charge is 0.413 e. The van der Waals surface area contributed by atoms with E-state index in [2.05, 4.69) is 20.4 Å². The predicted molar refractivity (Wildman–Crippen MR) is 112 cm³/mol. The third-order valence-electron chi connectivity index (χ3n) is 4.11. The average molecular weight is 432 g/mol. The molecule has 0 aliphatic rings. The van der Waals surface area contributed by atoms with Crippen molar-refractivity contribution in [2.45, 2.75) is 0 Å². The summed E-state index contributed by atoms with van der Waals surface area (Å²) < 4.78 is 10.9. The fourth-order valence-electron chi connectivity index (χ4n) is 2.53. The molecule has 0 N–H and O–H groups in total. The van der Waals surface area contributed by atoms with Crippen LogP contribution in [0, 0.1) is 20.2 Å². The normalized spacial score (nSPS) is 11.4. The zero-order valence-corrected chi connectivity index (χ0v) is 16.1. The van der Waals surface area contributed by atoms with Gasteiger partial charge in [-0.15, -0.1) is 20.4 Å². The molecule has 2 heterocycles. The van der Waals surface area contributed by atoms with Gasteiger partial charge in [0.2, 0.25) is 11.8 Å². The molecule has 0 aliphatic heterocycles. The van der Waals surface area contributed by atoms with E-state index in [9.17, 15) is 20.2 Å². The third kappa shape index (κ3) is 4.76. The minimum Gasteiger partial charge on any atom is -0.413 e. The molecule has 0 atom stereocenters. The van der Waals surface area contributed by atoms with E-state index in [-0.39, 0.29) is 34.9 Å². The maximum atomic E-state index is 10.7. The van der Waals surface area contributed by atoms with Crippen LogP contribution in [-0.2, 0) is 0 Å². The van der Waals surface area contributed by atoms with E-state index in [0.29, 0.717) is 11.1 Å². The second-order valence-corrected chi connectivity index (χ2v) is 6.25. The summed E-state index contributed by atoms with van der Waals surface area (Å²) in [6, 6.07) is 11.9. The van der Waals surface area contributed by atoms with E-state index in [4.69, 9.17) is 8.83 Å². The van der Waals surface area contributed by atoms with Crippen LogP contribution in [0.4, 0.5) is 11.4 Å². The Kier molecular flexibility index (Phi) is 5.57. The van der Waals surface area contributed by atoms with E-state index in [0.717, 1.165) is 0 Å². The highest BCUT2D eigenvalue weighted by Gasteiger charge is 2.14. The molecule has 12 nitrogen and oxygen atoms in total. The topological polar surface area (TPSA) is 164 Å². The van der Waals surface area contributed by atoms with Gasteiger partial charge in [0.15, 0.2) is 0 Å². The first-order valence-electron chi connectivity index (χ1n) is 9.00. The summed E-state index contributed by atoms with van der Waals surface area (Å²) in [4.78, 5) is 20.4. The minimum absolute atomic E-state index is 0.00273. The van der Waals surface area contributed by atoms with E-state index >= 15 is 0 Å². The molecule has 0 unspecified atom stereocenters. The van der Waals surface area contributed by atoms with Gasteiger partial charge in [0.1, 0.15) is 0 Å². The van der Waals surface area contributed by atoms with Crippen molar-refractivity contribution in [3.8, 4) is 11.8 Å². The highest BCUT2D eigenvalue weighted by Crippen LogP contribution is 2.20. The van der Waals surface area contributed by atoms with Gasteiger partial charge in [0.05, 0.1) is 9.85 Å². The van der Waals surface area contributed by atoms with Gasteiger partial charge in [0, 0.05) is 36.4 Å². The number of rotatable bonds is 7. The average Bonchev–Trinajstić information content (AvgIpc) is 3.46. The quantitative estimate of drug-likeness (QED) is 0.304. The molecule has 0 aliphatic carbocycles. The van der Waals surface area contributed by atoms with Gasteiger partial charge in [-0.2, -0.15) is 0 Å². The lowest BCUT2D eigenvalue weighted by atomic mass is 10.2. The maximum Gasteiger partial charge on any atom is 0.306 e. The summed E-state index contributed by atoms with van der Waals surface area (Å²) in [7, 11) is 0. The fourth-order valence-corrected chi connectivity index (χ4v) is 2.53. The Bertz CT molecular complexity index is 1220. The Hall–Kier alpha value is -5.00. The molecule has 0 radical (unpaired) electrons. The molecule has 0 spiro atoms. The van der Waals surface area contributed by atoms with Crippen molar-refractivity contribution in [3.05, 3.63) is 91.7 Å². The Morgan fingerprint density at radius 2 is 0.969 bits per heavy atom. The van der Waals surface area contributed by atoms with Crippen molar-refractivity contribution in [3.63, 3.8) is 0 Å². The number of nitro benzene ring substituents is 2. The molecule has 32 heavy (non-hydrogen) atoms. The summed E-state index contributed by atoms with van der Waals surface area (Å²) in [5, 5.41) is 36.8. The van der Waals surface area contributed by atoms with Gasteiger partial charge in [-0.05, 0) is 47.5 Å². The number of aromatic nitrogens is 4. The van der Waals surface area contributed by atoms with Gasteiger partial charge in [-0.3, -0.25) is 20.2 Å². The van der Waals surface area contributed by atoms with Crippen molar-refractivity contribution in [2.75, 3.05) is 0 Å². The molecule has 0 amide bonds. The molecule has 2 aromatic heterocycles. The molecule has 0 saturated carbocycles. The highest BCUT2D eigenvalue weighted by molar-refractivity contribution is 5.67. The van der Waals surface area contributed by atoms with Gasteiger partial charge in [-0.1, -0.05) is 0 Å². The molecule has 0 bridgehead atoms. The third-order valence-corrected chi connectivity index (χ3v) is 4.11. The standard InChI is InChI=1S/C20H12N6O6/c27-25(28)15-7-1-13(2-8-15)5-11-17-21-23-19(31-17)20-24-22-18(32-20)12-6-14-3-9-16(10-4-14)26(29)30/h1-12H. The van der Waals surface area contributed by atoms with E-state index in [1.165, 1.54) is 24.3 Å². The molecule has 158 valence electrons. The zero-order chi connectivity index (χ0) is 22.5. The van der Waals surface area contributed by atoms with Crippen LogP contribution in [0.5, 0.6) is 0 Å². The zero-order valence-electron chi connectivity index (χ0n) is 16.1. The van der Waals surface area contributed by atoms with Crippen LogP contribution in [0.3, 0.4) is 0 Å². The number of nitrogens with zero attached hydrogens (tertiary/aromatic N) is 6. The van der Waals surface area contributed by atoms with Crippen LogP contribution in [0.2, 0.25) is 0 Å². The summed E-state index contributed by atoms with van der Waals surface area (Å²) in [5.41, 5.74) is 1.42. The summed E-state index contributed by atoms with van der Waals surface area (Å²) in [6.45, 7) is 0. The molecule has 0 saturated heterocycles. The fraction of sp³-hybridized carbons (Fsp3) is 0. The maximum absolute atomic E-state index is 10.7. The SMILES string of the molecule is O=[N+]([O-])c1ccc(C=Cc2nnc(-c3nnc(C=Cc4ccc([N+](=O)[O-])cc4)o3)o2)cc1. The second kappa shape index (κ2) is 8.79. The van der Waals surface area contributed by atoms with Gasteiger partial charge < -0.3 is 8.83 Å². The Balaban J connectivity index is 1.42. The van der Waals surface area contributed by atoms with Crippen LogP contribution >= 0.6 is 0 Å². The number of benzene rings is 2. The van der Waals surface area contributed by atoms with Crippen molar-refractivity contribution in [1.29, 1.82) is 0 Å². The Labute approximate surface area is 178 Å². The summed E-state index contributed by atoms with van der Waals surface area (Å²) >= 11 is 0. The van der Waals surface area contributed by atoms with Crippen molar-refractivity contribution in [2.24, 2.45) is 0 Å². The molecule has 2 aromatic carbocycles.